The normalized spacial score (nSPS) is 9.94. The molecule has 0 aromatic heterocycles. The van der Waals surface area contributed by atoms with Crippen molar-refractivity contribution in [3.8, 4) is 0 Å². The van der Waals surface area contributed by atoms with E-state index in [9.17, 15) is 9.59 Å². The Kier molecular flexibility index (Phi) is 6.15. The van der Waals surface area contributed by atoms with Crippen molar-refractivity contribution in [1.29, 1.82) is 0 Å². The summed E-state index contributed by atoms with van der Waals surface area (Å²) in [6.45, 7) is 1.99. The first-order valence-corrected chi connectivity index (χ1v) is 6.84. The van der Waals surface area contributed by atoms with E-state index in [4.69, 9.17) is 11.6 Å². The van der Waals surface area contributed by atoms with Gasteiger partial charge in [0.1, 0.15) is 0 Å². The van der Waals surface area contributed by atoms with E-state index in [2.05, 4.69) is 26.6 Å². The fourth-order valence-corrected chi connectivity index (χ4v) is 1.99. The molecule has 0 radical (unpaired) electrons. The number of aryl methyl sites for hydroxylation is 1. The van der Waals surface area contributed by atoms with Crippen LogP contribution < -0.4 is 10.6 Å². The van der Waals surface area contributed by atoms with Crippen LogP contribution in [0.5, 0.6) is 0 Å². The third kappa shape index (κ3) is 4.66. The molecule has 1 aromatic rings. The van der Waals surface area contributed by atoms with E-state index in [1.165, 1.54) is 0 Å². The van der Waals surface area contributed by atoms with Crippen LogP contribution in [0.3, 0.4) is 0 Å². The lowest BCUT2D eigenvalue weighted by Crippen LogP contribution is -2.34. The number of amides is 3. The summed E-state index contributed by atoms with van der Waals surface area (Å²) in [5.74, 6) is -0.199. The second kappa shape index (κ2) is 7.38. The van der Waals surface area contributed by atoms with Crippen LogP contribution in [0.25, 0.3) is 0 Å². The van der Waals surface area contributed by atoms with E-state index >= 15 is 0 Å². The van der Waals surface area contributed by atoms with E-state index in [-0.39, 0.29) is 12.3 Å². The van der Waals surface area contributed by atoms with E-state index in [1.54, 1.807) is 6.07 Å². The number of hydrogen-bond donors (Lipinski definition) is 2. The Bertz CT molecular complexity index is 452. The highest BCUT2D eigenvalue weighted by Gasteiger charge is 2.09. The number of hydrogen-bond acceptors (Lipinski definition) is 2. The minimum atomic E-state index is -0.540. The number of alkyl halides is 1. The number of imide groups is 1. The summed E-state index contributed by atoms with van der Waals surface area (Å²) in [4.78, 5) is 22.7. The van der Waals surface area contributed by atoms with Crippen molar-refractivity contribution >= 4 is 45.2 Å². The number of rotatable bonds is 4. The van der Waals surface area contributed by atoms with Gasteiger partial charge in [-0.1, -0.05) is 22.9 Å². The van der Waals surface area contributed by atoms with E-state index in [0.717, 1.165) is 16.5 Å². The van der Waals surface area contributed by atoms with Gasteiger partial charge in [0, 0.05) is 22.5 Å². The fraction of sp³-hybridized carbons (Fsp3) is 0.333. The molecule has 18 heavy (non-hydrogen) atoms. The van der Waals surface area contributed by atoms with Crippen LogP contribution in [0, 0.1) is 0 Å². The van der Waals surface area contributed by atoms with E-state index in [0.29, 0.717) is 5.69 Å². The number of halogens is 2. The molecular formula is C12H14BrClN2O2. The minimum Gasteiger partial charge on any atom is -0.307 e. The first-order chi connectivity index (χ1) is 8.56. The topological polar surface area (TPSA) is 58.2 Å². The number of carbonyl (C=O) groups is 2. The van der Waals surface area contributed by atoms with Gasteiger partial charge in [-0.3, -0.25) is 10.1 Å². The monoisotopic (exact) mass is 332 g/mol. The van der Waals surface area contributed by atoms with Crippen LogP contribution in [0.1, 0.15) is 18.9 Å². The molecule has 0 spiro atoms. The predicted molar refractivity (Wildman–Crippen MR) is 76.0 cm³/mol. The lowest BCUT2D eigenvalue weighted by Gasteiger charge is -2.10. The number of urea groups is 1. The molecule has 0 unspecified atom stereocenters. The highest BCUT2D eigenvalue weighted by molar-refractivity contribution is 9.10. The molecule has 0 aliphatic carbocycles. The Balaban J connectivity index is 2.67. The summed E-state index contributed by atoms with van der Waals surface area (Å²) in [5, 5.41) is 4.85. The molecule has 98 valence electrons. The van der Waals surface area contributed by atoms with Gasteiger partial charge in [-0.25, -0.2) is 4.79 Å². The zero-order valence-electron chi connectivity index (χ0n) is 9.93. The standard InChI is InChI=1S/C12H14BrClN2O2/c1-2-8-7-9(13)3-4-10(8)15-12(18)16-11(17)5-6-14/h3-4,7H,2,5-6H2,1H3,(H2,15,16,17,18). The van der Waals surface area contributed by atoms with Crippen LogP contribution in [-0.2, 0) is 11.2 Å². The number of nitrogens with one attached hydrogen (secondary N) is 2. The first kappa shape index (κ1) is 15.0. The van der Waals surface area contributed by atoms with Gasteiger partial charge in [-0.2, -0.15) is 0 Å². The van der Waals surface area contributed by atoms with Crippen molar-refractivity contribution in [3.63, 3.8) is 0 Å². The molecule has 0 atom stereocenters. The van der Waals surface area contributed by atoms with Crippen LogP contribution in [0.4, 0.5) is 10.5 Å². The van der Waals surface area contributed by atoms with Crippen molar-refractivity contribution in [2.24, 2.45) is 0 Å². The van der Waals surface area contributed by atoms with Crippen molar-refractivity contribution < 1.29 is 9.59 Å². The predicted octanol–water partition coefficient (Wildman–Crippen LogP) is 3.29. The van der Waals surface area contributed by atoms with Crippen molar-refractivity contribution in [2.45, 2.75) is 19.8 Å². The van der Waals surface area contributed by atoms with Crippen LogP contribution in [0.15, 0.2) is 22.7 Å². The van der Waals surface area contributed by atoms with Gasteiger partial charge >= 0.3 is 6.03 Å². The number of carbonyl (C=O) groups excluding carboxylic acids is 2. The second-order valence-electron chi connectivity index (χ2n) is 3.60. The lowest BCUT2D eigenvalue weighted by atomic mass is 10.1. The van der Waals surface area contributed by atoms with Crippen molar-refractivity contribution in [3.05, 3.63) is 28.2 Å². The maximum atomic E-state index is 11.6. The Hall–Kier alpha value is -1.07. The van der Waals surface area contributed by atoms with Gasteiger partial charge < -0.3 is 5.32 Å². The molecule has 1 aromatic carbocycles. The maximum Gasteiger partial charge on any atom is 0.325 e. The van der Waals surface area contributed by atoms with Gasteiger partial charge in [-0.05, 0) is 30.2 Å². The highest BCUT2D eigenvalue weighted by Crippen LogP contribution is 2.21. The third-order valence-corrected chi connectivity index (χ3v) is 2.95. The molecule has 4 nitrogen and oxygen atoms in total. The van der Waals surface area contributed by atoms with Crippen LogP contribution in [0.2, 0.25) is 0 Å². The molecule has 0 fully saturated rings. The summed E-state index contributed by atoms with van der Waals surface area (Å²) < 4.78 is 0.948. The minimum absolute atomic E-state index is 0.121. The third-order valence-electron chi connectivity index (χ3n) is 2.27. The van der Waals surface area contributed by atoms with Gasteiger partial charge in [-0.15, -0.1) is 11.6 Å². The summed E-state index contributed by atoms with van der Waals surface area (Å²) in [7, 11) is 0. The Morgan fingerprint density at radius 2 is 2.11 bits per heavy atom. The highest BCUT2D eigenvalue weighted by atomic mass is 79.9. The number of benzene rings is 1. The van der Waals surface area contributed by atoms with E-state index < -0.39 is 11.9 Å². The molecule has 6 heteroatoms. The summed E-state index contributed by atoms with van der Waals surface area (Å²) in [6, 6.07) is 5.00. The molecule has 2 N–H and O–H groups in total. The van der Waals surface area contributed by atoms with Crippen LogP contribution >= 0.6 is 27.5 Å². The Labute approximate surface area is 119 Å². The zero-order valence-corrected chi connectivity index (χ0v) is 12.3. The lowest BCUT2D eigenvalue weighted by molar-refractivity contribution is -0.119. The van der Waals surface area contributed by atoms with Gasteiger partial charge in [0.2, 0.25) is 5.91 Å². The van der Waals surface area contributed by atoms with Gasteiger partial charge in [0.25, 0.3) is 0 Å². The van der Waals surface area contributed by atoms with Crippen molar-refractivity contribution in [1.82, 2.24) is 5.32 Å². The van der Waals surface area contributed by atoms with Crippen LogP contribution in [-0.4, -0.2) is 17.8 Å². The molecule has 0 saturated carbocycles. The molecular weight excluding hydrogens is 320 g/mol. The second-order valence-corrected chi connectivity index (χ2v) is 4.89. The largest absolute Gasteiger partial charge is 0.325 e. The summed E-state index contributed by atoms with van der Waals surface area (Å²) >= 11 is 8.77. The smallest absolute Gasteiger partial charge is 0.307 e. The maximum absolute atomic E-state index is 11.6. The molecule has 0 saturated heterocycles. The summed E-state index contributed by atoms with van der Waals surface area (Å²) in [5.41, 5.74) is 1.68. The molecule has 0 aliphatic heterocycles. The fourth-order valence-electron chi connectivity index (χ4n) is 1.41. The molecule has 0 bridgehead atoms. The van der Waals surface area contributed by atoms with Gasteiger partial charge in [0.05, 0.1) is 0 Å². The summed E-state index contributed by atoms with van der Waals surface area (Å²) in [6.07, 6.45) is 0.903. The van der Waals surface area contributed by atoms with E-state index in [1.807, 2.05) is 19.1 Å². The number of anilines is 1. The molecule has 1 rings (SSSR count). The quantitative estimate of drug-likeness (QED) is 0.831. The first-order valence-electron chi connectivity index (χ1n) is 5.52. The molecule has 0 aliphatic rings. The van der Waals surface area contributed by atoms with Crippen molar-refractivity contribution in [2.75, 3.05) is 11.2 Å². The SMILES string of the molecule is CCc1cc(Br)ccc1NC(=O)NC(=O)CCCl. The molecule has 3 amide bonds. The Morgan fingerprint density at radius 3 is 2.72 bits per heavy atom. The molecule has 0 heterocycles. The Morgan fingerprint density at radius 1 is 1.39 bits per heavy atom. The van der Waals surface area contributed by atoms with Gasteiger partial charge in [0.15, 0.2) is 0 Å². The average molecular weight is 334 g/mol. The average Bonchev–Trinajstić information content (AvgIpc) is 2.31. The zero-order chi connectivity index (χ0) is 13.5.